The summed E-state index contributed by atoms with van der Waals surface area (Å²) < 4.78 is 13.1. The molecule has 5 heteroatoms. The Balaban J connectivity index is 1.78. The van der Waals surface area contributed by atoms with Crippen LogP contribution in [0.2, 0.25) is 0 Å². The molecule has 2 aromatic heterocycles. The van der Waals surface area contributed by atoms with Gasteiger partial charge in [0.25, 0.3) is 0 Å². The van der Waals surface area contributed by atoms with Crippen LogP contribution in [0, 0.1) is 5.92 Å². The Kier molecular flexibility index (Phi) is 4.41. The zero-order valence-corrected chi connectivity index (χ0v) is 12.7. The van der Waals surface area contributed by atoms with Crippen LogP contribution in [0.4, 0.5) is 0 Å². The predicted molar refractivity (Wildman–Crippen MR) is 79.9 cm³/mol. The zero-order valence-electron chi connectivity index (χ0n) is 12.7. The van der Waals surface area contributed by atoms with Crippen LogP contribution in [-0.2, 0) is 11.8 Å². The molecule has 0 saturated carbocycles. The van der Waals surface area contributed by atoms with E-state index in [0.29, 0.717) is 12.0 Å². The molecule has 1 aliphatic rings. The predicted octanol–water partition coefficient (Wildman–Crippen LogP) is 2.51. The van der Waals surface area contributed by atoms with E-state index in [1.807, 2.05) is 36.1 Å². The average Bonchev–Trinajstić information content (AvgIpc) is 3.17. The van der Waals surface area contributed by atoms with Crippen LogP contribution in [0.1, 0.15) is 37.4 Å². The number of nitrogens with one attached hydrogen (secondary N) is 1. The summed E-state index contributed by atoms with van der Waals surface area (Å²) in [5.74, 6) is 2.52. The number of ether oxygens (including phenoxy) is 1. The molecule has 0 amide bonds. The first kappa shape index (κ1) is 14.4. The van der Waals surface area contributed by atoms with E-state index in [2.05, 4.69) is 17.2 Å². The molecule has 5 nitrogen and oxygen atoms in total. The summed E-state index contributed by atoms with van der Waals surface area (Å²) in [6.45, 7) is 3.98. The van der Waals surface area contributed by atoms with Crippen molar-refractivity contribution in [3.63, 3.8) is 0 Å². The molecule has 3 rings (SSSR count). The van der Waals surface area contributed by atoms with Crippen LogP contribution in [0.3, 0.4) is 0 Å². The van der Waals surface area contributed by atoms with Crippen molar-refractivity contribution in [2.45, 2.75) is 31.8 Å². The van der Waals surface area contributed by atoms with Crippen molar-refractivity contribution in [2.75, 3.05) is 13.2 Å². The quantitative estimate of drug-likeness (QED) is 0.919. The summed E-state index contributed by atoms with van der Waals surface area (Å²) in [6, 6.07) is 4.30. The highest BCUT2D eigenvalue weighted by atomic mass is 16.5. The fourth-order valence-corrected chi connectivity index (χ4v) is 3.01. The Bertz CT molecular complexity index is 544. The van der Waals surface area contributed by atoms with Gasteiger partial charge in [0.2, 0.25) is 0 Å². The number of imidazole rings is 1. The second-order valence-electron chi connectivity index (χ2n) is 5.75. The topological polar surface area (TPSA) is 52.2 Å². The second-order valence-corrected chi connectivity index (χ2v) is 5.75. The largest absolute Gasteiger partial charge is 0.467 e. The first-order chi connectivity index (χ1) is 10.3. The first-order valence-corrected chi connectivity index (χ1v) is 7.60. The van der Waals surface area contributed by atoms with Crippen molar-refractivity contribution in [1.29, 1.82) is 0 Å². The van der Waals surface area contributed by atoms with Gasteiger partial charge >= 0.3 is 0 Å². The summed E-state index contributed by atoms with van der Waals surface area (Å²) in [5, 5.41) is 3.70. The Labute approximate surface area is 125 Å². The summed E-state index contributed by atoms with van der Waals surface area (Å²) in [6.07, 6.45) is 7.73. The van der Waals surface area contributed by atoms with Gasteiger partial charge in [-0.15, -0.1) is 0 Å². The lowest BCUT2D eigenvalue weighted by molar-refractivity contribution is 0.0545. The number of rotatable bonds is 5. The SMILES string of the molecule is CC(NC(c1ccco1)c1nccn1C)C1CCOCC1. The van der Waals surface area contributed by atoms with Gasteiger partial charge in [-0.25, -0.2) is 4.98 Å². The van der Waals surface area contributed by atoms with Crippen molar-refractivity contribution in [1.82, 2.24) is 14.9 Å². The monoisotopic (exact) mass is 289 g/mol. The minimum Gasteiger partial charge on any atom is -0.467 e. The minimum absolute atomic E-state index is 0.0159. The van der Waals surface area contributed by atoms with Gasteiger partial charge < -0.3 is 13.7 Å². The number of hydrogen-bond donors (Lipinski definition) is 1. The molecule has 1 N–H and O–H groups in total. The molecule has 2 aromatic rings. The Morgan fingerprint density at radius 3 is 2.81 bits per heavy atom. The van der Waals surface area contributed by atoms with Crippen LogP contribution in [0.5, 0.6) is 0 Å². The van der Waals surface area contributed by atoms with Gasteiger partial charge in [-0.3, -0.25) is 5.32 Å². The highest BCUT2D eigenvalue weighted by molar-refractivity contribution is 5.16. The van der Waals surface area contributed by atoms with Gasteiger partial charge in [-0.05, 0) is 37.8 Å². The van der Waals surface area contributed by atoms with Crippen LogP contribution < -0.4 is 5.32 Å². The normalized spacial score (nSPS) is 19.5. The van der Waals surface area contributed by atoms with Crippen molar-refractivity contribution in [2.24, 2.45) is 13.0 Å². The van der Waals surface area contributed by atoms with Crippen LogP contribution in [0.25, 0.3) is 0 Å². The third kappa shape index (κ3) is 3.19. The fourth-order valence-electron chi connectivity index (χ4n) is 3.01. The Hall–Kier alpha value is -1.59. The Morgan fingerprint density at radius 2 is 2.19 bits per heavy atom. The van der Waals surface area contributed by atoms with Gasteiger partial charge in [0.05, 0.1) is 6.26 Å². The van der Waals surface area contributed by atoms with E-state index in [9.17, 15) is 0 Å². The van der Waals surface area contributed by atoms with Crippen LogP contribution >= 0.6 is 0 Å². The van der Waals surface area contributed by atoms with Gasteiger partial charge in [-0.2, -0.15) is 0 Å². The molecule has 0 spiro atoms. The molecule has 114 valence electrons. The van der Waals surface area contributed by atoms with Crippen LogP contribution in [-0.4, -0.2) is 28.8 Å². The summed E-state index contributed by atoms with van der Waals surface area (Å²) in [7, 11) is 2.01. The maximum atomic E-state index is 5.62. The van der Waals surface area contributed by atoms with Gasteiger partial charge in [0, 0.05) is 38.7 Å². The van der Waals surface area contributed by atoms with Crippen molar-refractivity contribution >= 4 is 0 Å². The summed E-state index contributed by atoms with van der Waals surface area (Å²) in [4.78, 5) is 4.49. The number of nitrogens with zero attached hydrogens (tertiary/aromatic N) is 2. The number of hydrogen-bond acceptors (Lipinski definition) is 4. The molecule has 3 heterocycles. The summed E-state index contributed by atoms with van der Waals surface area (Å²) in [5.41, 5.74) is 0. The summed E-state index contributed by atoms with van der Waals surface area (Å²) >= 11 is 0. The van der Waals surface area contributed by atoms with E-state index >= 15 is 0 Å². The van der Waals surface area contributed by atoms with Gasteiger partial charge in [-0.1, -0.05) is 0 Å². The van der Waals surface area contributed by atoms with E-state index in [4.69, 9.17) is 9.15 Å². The first-order valence-electron chi connectivity index (χ1n) is 7.60. The van der Waals surface area contributed by atoms with Crippen molar-refractivity contribution in [3.05, 3.63) is 42.4 Å². The Morgan fingerprint density at radius 1 is 1.38 bits per heavy atom. The van der Waals surface area contributed by atoms with E-state index in [1.165, 1.54) is 0 Å². The van der Waals surface area contributed by atoms with Gasteiger partial charge in [0.15, 0.2) is 0 Å². The molecule has 0 radical (unpaired) electrons. The van der Waals surface area contributed by atoms with E-state index < -0.39 is 0 Å². The smallest absolute Gasteiger partial charge is 0.133 e. The zero-order chi connectivity index (χ0) is 14.7. The maximum Gasteiger partial charge on any atom is 0.133 e. The minimum atomic E-state index is -0.0159. The van der Waals surface area contributed by atoms with Gasteiger partial charge in [0.1, 0.15) is 17.6 Å². The molecular weight excluding hydrogens is 266 g/mol. The average molecular weight is 289 g/mol. The molecule has 2 atom stereocenters. The molecule has 0 bridgehead atoms. The maximum absolute atomic E-state index is 5.62. The molecule has 2 unspecified atom stereocenters. The van der Waals surface area contributed by atoms with E-state index in [0.717, 1.165) is 37.6 Å². The number of furan rings is 1. The lowest BCUT2D eigenvalue weighted by Gasteiger charge is -2.31. The number of aromatic nitrogens is 2. The molecular formula is C16H23N3O2. The molecule has 1 aliphatic heterocycles. The highest BCUT2D eigenvalue weighted by Gasteiger charge is 2.27. The van der Waals surface area contributed by atoms with Crippen LogP contribution in [0.15, 0.2) is 35.2 Å². The molecule has 0 aliphatic carbocycles. The van der Waals surface area contributed by atoms with Crippen molar-refractivity contribution < 1.29 is 9.15 Å². The lowest BCUT2D eigenvalue weighted by atomic mass is 9.92. The molecule has 1 saturated heterocycles. The highest BCUT2D eigenvalue weighted by Crippen LogP contribution is 2.25. The van der Waals surface area contributed by atoms with E-state index in [-0.39, 0.29) is 6.04 Å². The third-order valence-electron chi connectivity index (χ3n) is 4.35. The lowest BCUT2D eigenvalue weighted by Crippen LogP contribution is -2.40. The second kappa shape index (κ2) is 6.45. The number of aryl methyl sites for hydroxylation is 1. The molecule has 0 aromatic carbocycles. The third-order valence-corrected chi connectivity index (χ3v) is 4.35. The standard InChI is InChI=1S/C16H23N3O2/c1-12(13-5-10-20-11-6-13)18-15(14-4-3-9-21-14)16-17-7-8-19(16)2/h3-4,7-9,12-13,15,18H,5-6,10-11H2,1-2H3. The molecule has 21 heavy (non-hydrogen) atoms. The fraction of sp³-hybridized carbons (Fsp3) is 0.562. The van der Waals surface area contributed by atoms with Crippen molar-refractivity contribution in [3.8, 4) is 0 Å². The molecule has 1 fully saturated rings. The van der Waals surface area contributed by atoms with E-state index in [1.54, 1.807) is 6.26 Å².